The number of aliphatic imine (C=N–C) groups is 1. The maximum atomic E-state index is 11.6. The smallest absolute Gasteiger partial charge is 0.338 e. The fourth-order valence-electron chi connectivity index (χ4n) is 1.58. The fraction of sp³-hybridized carbons (Fsp3) is 0.0667. The lowest BCUT2D eigenvalue weighted by molar-refractivity contribution is 0.0600. The van der Waals surface area contributed by atoms with Gasteiger partial charge in [0, 0.05) is 16.8 Å². The third-order valence-corrected chi connectivity index (χ3v) is 2.80. The molecule has 2 aromatic rings. The van der Waals surface area contributed by atoms with E-state index in [1.54, 1.807) is 42.6 Å². The lowest BCUT2D eigenvalue weighted by Crippen LogP contribution is -2.04. The molecule has 0 saturated heterocycles. The summed E-state index contributed by atoms with van der Waals surface area (Å²) in [6, 6.07) is 14.3. The molecule has 0 aliphatic rings. The monoisotopic (exact) mass is 273 g/mol. The largest absolute Gasteiger partial charge is 0.465 e. The number of hydrogen-bond acceptors (Lipinski definition) is 3. The van der Waals surface area contributed by atoms with Crippen LogP contribution in [0.25, 0.3) is 0 Å². The summed E-state index contributed by atoms with van der Waals surface area (Å²) >= 11 is 5.80. The Balaban J connectivity index is 2.28. The zero-order chi connectivity index (χ0) is 13.7. The summed E-state index contributed by atoms with van der Waals surface area (Å²) in [5.41, 5.74) is 1.97. The topological polar surface area (TPSA) is 38.7 Å². The first-order chi connectivity index (χ1) is 9.20. The van der Waals surface area contributed by atoms with Crippen LogP contribution in [0, 0.1) is 0 Å². The standard InChI is InChI=1S/C15H12ClNO2/c1-19-15(18)14-5-3-2-4-11(14)10-17-13-8-6-12(16)7-9-13/h2-10H,1H3. The third kappa shape index (κ3) is 3.42. The lowest BCUT2D eigenvalue weighted by atomic mass is 10.1. The second-order valence-electron chi connectivity index (χ2n) is 3.81. The summed E-state index contributed by atoms with van der Waals surface area (Å²) in [6.07, 6.45) is 1.63. The second-order valence-corrected chi connectivity index (χ2v) is 4.25. The highest BCUT2D eigenvalue weighted by Gasteiger charge is 2.08. The van der Waals surface area contributed by atoms with Crippen LogP contribution in [0.5, 0.6) is 0 Å². The lowest BCUT2D eigenvalue weighted by Gasteiger charge is -2.02. The van der Waals surface area contributed by atoms with Gasteiger partial charge in [-0.3, -0.25) is 4.99 Å². The van der Waals surface area contributed by atoms with Crippen LogP contribution in [0.1, 0.15) is 15.9 Å². The van der Waals surface area contributed by atoms with E-state index in [4.69, 9.17) is 16.3 Å². The first-order valence-electron chi connectivity index (χ1n) is 5.67. The molecule has 3 nitrogen and oxygen atoms in total. The van der Waals surface area contributed by atoms with Gasteiger partial charge in [-0.15, -0.1) is 0 Å². The van der Waals surface area contributed by atoms with Gasteiger partial charge in [0.25, 0.3) is 0 Å². The molecular formula is C15H12ClNO2. The Hall–Kier alpha value is -2.13. The van der Waals surface area contributed by atoms with Crippen molar-refractivity contribution in [1.29, 1.82) is 0 Å². The van der Waals surface area contributed by atoms with Crippen molar-refractivity contribution in [3.05, 3.63) is 64.7 Å². The molecule has 96 valence electrons. The van der Waals surface area contributed by atoms with Crippen molar-refractivity contribution >= 4 is 29.5 Å². The molecule has 2 aromatic carbocycles. The first kappa shape index (κ1) is 13.3. The normalized spacial score (nSPS) is 10.6. The molecule has 0 radical (unpaired) electrons. The molecule has 0 amide bonds. The van der Waals surface area contributed by atoms with Gasteiger partial charge in [-0.2, -0.15) is 0 Å². The van der Waals surface area contributed by atoms with Gasteiger partial charge in [-0.1, -0.05) is 29.8 Å². The number of nitrogens with zero attached hydrogens (tertiary/aromatic N) is 1. The quantitative estimate of drug-likeness (QED) is 0.629. The summed E-state index contributed by atoms with van der Waals surface area (Å²) in [6.45, 7) is 0. The van der Waals surface area contributed by atoms with E-state index in [0.717, 1.165) is 5.69 Å². The van der Waals surface area contributed by atoms with Crippen molar-refractivity contribution in [2.75, 3.05) is 7.11 Å². The molecular weight excluding hydrogens is 262 g/mol. The number of esters is 1. The molecule has 0 aromatic heterocycles. The number of rotatable bonds is 3. The van der Waals surface area contributed by atoms with Crippen molar-refractivity contribution in [2.45, 2.75) is 0 Å². The van der Waals surface area contributed by atoms with Crippen LogP contribution in [0.2, 0.25) is 5.02 Å². The van der Waals surface area contributed by atoms with Crippen molar-refractivity contribution in [3.8, 4) is 0 Å². The van der Waals surface area contributed by atoms with Gasteiger partial charge in [0.2, 0.25) is 0 Å². The summed E-state index contributed by atoms with van der Waals surface area (Å²) < 4.78 is 4.73. The Morgan fingerprint density at radius 1 is 1.16 bits per heavy atom. The number of benzene rings is 2. The van der Waals surface area contributed by atoms with Gasteiger partial charge in [0.15, 0.2) is 0 Å². The number of carbonyl (C=O) groups excluding carboxylic acids is 1. The highest BCUT2D eigenvalue weighted by atomic mass is 35.5. The minimum Gasteiger partial charge on any atom is -0.465 e. The Bertz CT molecular complexity index is 606. The molecule has 0 bridgehead atoms. The molecule has 2 rings (SSSR count). The van der Waals surface area contributed by atoms with Crippen LogP contribution in [0.15, 0.2) is 53.5 Å². The number of hydrogen-bond donors (Lipinski definition) is 0. The van der Waals surface area contributed by atoms with E-state index < -0.39 is 0 Å². The molecule has 0 atom stereocenters. The number of methoxy groups -OCH3 is 1. The van der Waals surface area contributed by atoms with Crippen molar-refractivity contribution in [3.63, 3.8) is 0 Å². The number of carbonyl (C=O) groups is 1. The van der Waals surface area contributed by atoms with E-state index in [-0.39, 0.29) is 5.97 Å². The van der Waals surface area contributed by atoms with Crippen LogP contribution in [-0.4, -0.2) is 19.3 Å². The van der Waals surface area contributed by atoms with Gasteiger partial charge >= 0.3 is 5.97 Å². The molecule has 0 heterocycles. The van der Waals surface area contributed by atoms with Gasteiger partial charge in [-0.25, -0.2) is 4.79 Å². The highest BCUT2D eigenvalue weighted by Crippen LogP contribution is 2.17. The van der Waals surface area contributed by atoms with Crippen LogP contribution in [0.4, 0.5) is 5.69 Å². The Kier molecular flexibility index (Phi) is 4.31. The third-order valence-electron chi connectivity index (χ3n) is 2.55. The van der Waals surface area contributed by atoms with Crippen LogP contribution >= 0.6 is 11.6 Å². The predicted molar refractivity (Wildman–Crippen MR) is 76.5 cm³/mol. The summed E-state index contributed by atoms with van der Waals surface area (Å²) in [7, 11) is 1.36. The van der Waals surface area contributed by atoms with Gasteiger partial charge in [-0.05, 0) is 30.3 Å². The van der Waals surface area contributed by atoms with E-state index in [1.807, 2.05) is 12.1 Å². The van der Waals surface area contributed by atoms with Crippen molar-refractivity contribution < 1.29 is 9.53 Å². The van der Waals surface area contributed by atoms with Crippen molar-refractivity contribution in [2.24, 2.45) is 4.99 Å². The van der Waals surface area contributed by atoms with Crippen LogP contribution < -0.4 is 0 Å². The van der Waals surface area contributed by atoms with Crippen LogP contribution in [0.3, 0.4) is 0 Å². The Morgan fingerprint density at radius 2 is 1.84 bits per heavy atom. The van der Waals surface area contributed by atoms with Gasteiger partial charge < -0.3 is 4.74 Å². The fourth-order valence-corrected chi connectivity index (χ4v) is 1.70. The van der Waals surface area contributed by atoms with Gasteiger partial charge in [0.1, 0.15) is 0 Å². The van der Waals surface area contributed by atoms with E-state index in [0.29, 0.717) is 16.1 Å². The Labute approximate surface area is 116 Å². The average Bonchev–Trinajstić information content (AvgIpc) is 2.46. The molecule has 0 N–H and O–H groups in total. The van der Waals surface area contributed by atoms with E-state index >= 15 is 0 Å². The molecule has 0 spiro atoms. The molecule has 0 fully saturated rings. The molecule has 0 aliphatic heterocycles. The molecule has 0 aliphatic carbocycles. The number of ether oxygens (including phenoxy) is 1. The second kappa shape index (κ2) is 6.16. The summed E-state index contributed by atoms with van der Waals surface area (Å²) in [5.74, 6) is -0.377. The first-order valence-corrected chi connectivity index (χ1v) is 6.05. The molecule has 19 heavy (non-hydrogen) atoms. The zero-order valence-electron chi connectivity index (χ0n) is 10.3. The predicted octanol–water partition coefficient (Wildman–Crippen LogP) is 3.88. The summed E-state index contributed by atoms with van der Waals surface area (Å²) in [4.78, 5) is 15.9. The SMILES string of the molecule is COC(=O)c1ccccc1C=Nc1ccc(Cl)cc1. The number of halogens is 1. The van der Waals surface area contributed by atoms with Crippen molar-refractivity contribution in [1.82, 2.24) is 0 Å². The van der Waals surface area contributed by atoms with E-state index in [9.17, 15) is 4.79 Å². The van der Waals surface area contributed by atoms with E-state index in [1.165, 1.54) is 7.11 Å². The minimum absolute atomic E-state index is 0.377. The Morgan fingerprint density at radius 3 is 2.53 bits per heavy atom. The average molecular weight is 274 g/mol. The maximum absolute atomic E-state index is 11.6. The summed E-state index contributed by atoms with van der Waals surface area (Å²) in [5, 5.41) is 0.661. The highest BCUT2D eigenvalue weighted by molar-refractivity contribution is 6.30. The van der Waals surface area contributed by atoms with Gasteiger partial charge in [0.05, 0.1) is 18.4 Å². The molecule has 0 saturated carbocycles. The maximum Gasteiger partial charge on any atom is 0.338 e. The zero-order valence-corrected chi connectivity index (χ0v) is 11.1. The van der Waals surface area contributed by atoms with Crippen LogP contribution in [-0.2, 0) is 4.74 Å². The molecule has 0 unspecified atom stereocenters. The molecule has 4 heteroatoms. The minimum atomic E-state index is -0.377. The van der Waals surface area contributed by atoms with E-state index in [2.05, 4.69) is 4.99 Å².